The molecule has 0 unspecified atom stereocenters. The van der Waals surface area contributed by atoms with Crippen LogP contribution in [0.4, 0.5) is 29.3 Å². The molecule has 2 fully saturated rings. The molecule has 0 spiro atoms. The number of hydrogen-bond donors (Lipinski definition) is 3. The third-order valence-electron chi connectivity index (χ3n) is 13.6. The first-order chi connectivity index (χ1) is 35.3. The van der Waals surface area contributed by atoms with E-state index >= 15 is 0 Å². The van der Waals surface area contributed by atoms with Crippen molar-refractivity contribution in [2.45, 2.75) is 87.6 Å². The number of rotatable bonds is 15. The van der Waals surface area contributed by atoms with E-state index in [4.69, 9.17) is 21.1 Å². The Bertz CT molecular complexity index is 3150. The number of carbonyl (C=O) groups is 2. The molecule has 1 aliphatic carbocycles. The van der Waals surface area contributed by atoms with Gasteiger partial charge in [-0.05, 0) is 137 Å². The van der Waals surface area contributed by atoms with Crippen molar-refractivity contribution in [2.75, 3.05) is 82.2 Å². The van der Waals surface area contributed by atoms with Crippen LogP contribution in [0.25, 0.3) is 16.6 Å². The molecule has 404 valence electrons. The second-order valence-electron chi connectivity index (χ2n) is 21.0. The number of carbonyl (C=O) groups excluding carboxylic acids is 2. The number of alkyl halides is 3. The van der Waals surface area contributed by atoms with Crippen LogP contribution in [0.5, 0.6) is 11.5 Å². The predicted molar refractivity (Wildman–Crippen MR) is 284 cm³/mol. The number of amides is 2. The highest BCUT2D eigenvalue weighted by Crippen LogP contribution is 2.44. The maximum atomic E-state index is 14.2. The average Bonchev–Trinajstić information content (AvgIpc) is 3.68. The molecule has 3 aromatic carbocycles. The normalized spacial score (nSPS) is 17.5. The van der Waals surface area contributed by atoms with E-state index in [1.54, 1.807) is 56.1 Å². The minimum atomic E-state index is -6.10. The molecule has 3 N–H and O–H groups in total. The summed E-state index contributed by atoms with van der Waals surface area (Å²) in [5.74, 6) is -0.965. The van der Waals surface area contributed by atoms with Crippen LogP contribution in [-0.2, 0) is 24.6 Å². The van der Waals surface area contributed by atoms with Crippen LogP contribution in [-0.4, -0.2) is 137 Å². The number of nitrogens with one attached hydrogen (secondary N) is 3. The molecule has 0 bridgehead atoms. The van der Waals surface area contributed by atoms with Gasteiger partial charge in [-0.3, -0.25) is 9.69 Å². The quantitative estimate of drug-likeness (QED) is 0.0842. The Labute approximate surface area is 441 Å². The zero-order valence-corrected chi connectivity index (χ0v) is 45.1. The summed E-state index contributed by atoms with van der Waals surface area (Å²) in [6, 6.07) is 18.5. The number of aromatic nitrogens is 2. The van der Waals surface area contributed by atoms with Crippen molar-refractivity contribution in [2.24, 2.45) is 5.41 Å². The van der Waals surface area contributed by atoms with E-state index in [1.807, 2.05) is 16.9 Å². The van der Waals surface area contributed by atoms with E-state index in [0.717, 1.165) is 51.0 Å². The maximum Gasteiger partial charge on any atom is 0.501 e. The molecule has 0 atom stereocenters. The van der Waals surface area contributed by atoms with Crippen LogP contribution in [0.2, 0.25) is 5.02 Å². The second kappa shape index (κ2) is 22.4. The third kappa shape index (κ3) is 13.8. The molecule has 4 heterocycles. The van der Waals surface area contributed by atoms with E-state index in [9.17, 15) is 39.6 Å². The third-order valence-corrected chi connectivity index (χ3v) is 16.7. The van der Waals surface area contributed by atoms with Gasteiger partial charge in [0, 0.05) is 87.3 Å². The first kappa shape index (κ1) is 55.4. The number of nitrogens with zero attached hydrogens (tertiary/aromatic N) is 5. The molecular weight excluding hydrogens is 1030 g/mol. The standard InChI is InChI=1S/C53H64ClF3N8O8S2/c1-51(2,3)73-50(67)65-23-7-22-62(24-29-65)21-6-19-58-45-15-13-42(32-47(45)74(68,69)53(55,56)57)75(70,71)61-49(66)43-14-12-40(31-46(43)72-41-30-37-17-20-59-48(37)60-34-41)64-27-25-63(26-28-64)35-38-16-18-52(4,5)33-44(38)36-8-10-39(54)11-9-36/h8-15,17,20,30-32,34,58H,6-7,16,18-19,21-29,33,35H2,1-5H3,(H,59,60)(H,61,66). The monoisotopic (exact) mass is 1100 g/mol. The lowest BCUT2D eigenvalue weighted by atomic mass is 9.72. The van der Waals surface area contributed by atoms with Gasteiger partial charge in [-0.1, -0.05) is 43.2 Å². The van der Waals surface area contributed by atoms with E-state index in [0.29, 0.717) is 86.5 Å². The van der Waals surface area contributed by atoms with Gasteiger partial charge in [0.25, 0.3) is 25.8 Å². The Morgan fingerprint density at radius 1 is 0.867 bits per heavy atom. The fourth-order valence-corrected chi connectivity index (χ4v) is 11.8. The van der Waals surface area contributed by atoms with Crippen molar-refractivity contribution in [1.29, 1.82) is 0 Å². The van der Waals surface area contributed by atoms with Crippen LogP contribution in [0.1, 0.15) is 82.6 Å². The van der Waals surface area contributed by atoms with E-state index < -0.39 is 58.4 Å². The van der Waals surface area contributed by atoms with Crippen LogP contribution in [0.15, 0.2) is 101 Å². The van der Waals surface area contributed by atoms with Gasteiger partial charge in [-0.2, -0.15) is 13.2 Å². The summed E-state index contributed by atoms with van der Waals surface area (Å²) in [7, 11) is -11.1. The number of sulfone groups is 1. The fourth-order valence-electron chi connectivity index (χ4n) is 9.61. The smallest absolute Gasteiger partial charge is 0.455 e. The number of H-pyrrole nitrogens is 1. The number of anilines is 2. The Balaban J connectivity index is 0.975. The number of ether oxygens (including phenoxy) is 2. The van der Waals surface area contributed by atoms with Gasteiger partial charge >= 0.3 is 11.6 Å². The highest BCUT2D eigenvalue weighted by molar-refractivity contribution is 7.92. The summed E-state index contributed by atoms with van der Waals surface area (Å²) in [6.45, 7) is 16.1. The first-order valence-electron chi connectivity index (χ1n) is 25.0. The lowest BCUT2D eigenvalue weighted by Crippen LogP contribution is -2.47. The van der Waals surface area contributed by atoms with E-state index in [-0.39, 0.29) is 29.0 Å². The zero-order valence-electron chi connectivity index (χ0n) is 42.7. The van der Waals surface area contributed by atoms with Crippen LogP contribution >= 0.6 is 11.6 Å². The zero-order chi connectivity index (χ0) is 53.9. The van der Waals surface area contributed by atoms with Gasteiger partial charge in [-0.15, -0.1) is 0 Å². The number of sulfonamides is 1. The van der Waals surface area contributed by atoms with Gasteiger partial charge in [0.1, 0.15) is 27.6 Å². The van der Waals surface area contributed by atoms with Crippen LogP contribution in [0, 0.1) is 5.41 Å². The lowest BCUT2D eigenvalue weighted by molar-refractivity contribution is -0.0436. The van der Waals surface area contributed by atoms with Gasteiger partial charge in [0.05, 0.1) is 22.3 Å². The Morgan fingerprint density at radius 2 is 1.60 bits per heavy atom. The summed E-state index contributed by atoms with van der Waals surface area (Å²) >= 11 is 6.24. The number of halogens is 4. The summed E-state index contributed by atoms with van der Waals surface area (Å²) in [5.41, 5.74) is -1.71. The van der Waals surface area contributed by atoms with Crippen molar-refractivity contribution in [1.82, 2.24) is 29.4 Å². The van der Waals surface area contributed by atoms with Gasteiger partial charge < -0.3 is 34.5 Å². The number of hydrogen-bond acceptors (Lipinski definition) is 13. The Hall–Kier alpha value is -5.87. The molecule has 0 radical (unpaired) electrons. The molecule has 16 nitrogen and oxygen atoms in total. The lowest BCUT2D eigenvalue weighted by Gasteiger charge is -2.39. The van der Waals surface area contributed by atoms with E-state index in [1.165, 1.54) is 29.0 Å². The van der Waals surface area contributed by atoms with Gasteiger partial charge in [0.15, 0.2) is 0 Å². The topological polar surface area (TPSA) is 187 Å². The first-order valence-corrected chi connectivity index (χ1v) is 28.3. The predicted octanol–water partition coefficient (Wildman–Crippen LogP) is 9.95. The van der Waals surface area contributed by atoms with Crippen LogP contribution < -0.4 is 19.7 Å². The molecule has 8 rings (SSSR count). The van der Waals surface area contributed by atoms with Crippen molar-refractivity contribution >= 4 is 71.4 Å². The Kier molecular flexibility index (Phi) is 16.5. The van der Waals surface area contributed by atoms with E-state index in [2.05, 4.69) is 56.0 Å². The molecule has 3 aliphatic rings. The molecule has 5 aromatic rings. The Morgan fingerprint density at radius 3 is 2.32 bits per heavy atom. The SMILES string of the molecule is CC1(C)CCC(CN2CCN(c3ccc(C(=O)NS(=O)(=O)c4ccc(NCCCN5CCCN(C(=O)OC(C)(C)C)CC5)c(S(=O)(=O)C(F)(F)F)c4)c(Oc4cnc5[nH]ccc5c4)c3)CC2)=C(c2ccc(Cl)cc2)C1. The van der Waals surface area contributed by atoms with Gasteiger partial charge in [0.2, 0.25) is 0 Å². The highest BCUT2D eigenvalue weighted by atomic mass is 35.5. The summed E-state index contributed by atoms with van der Waals surface area (Å²) in [5, 5.41) is 4.14. The second-order valence-corrected chi connectivity index (χ2v) is 25.1. The minimum absolute atomic E-state index is 0.0256. The van der Waals surface area contributed by atoms with Crippen LogP contribution in [0.3, 0.4) is 0 Å². The summed E-state index contributed by atoms with van der Waals surface area (Å²) < 4.78 is 110. The number of piperazine rings is 1. The van der Waals surface area contributed by atoms with Gasteiger partial charge in [-0.25, -0.2) is 31.3 Å². The van der Waals surface area contributed by atoms with Crippen molar-refractivity contribution in [3.05, 3.63) is 107 Å². The molecule has 2 amide bonds. The number of pyridine rings is 1. The maximum absolute atomic E-state index is 14.2. The molecule has 22 heteroatoms. The molecule has 0 saturated carbocycles. The molecular formula is C53H64ClF3N8O8S2. The molecule has 75 heavy (non-hydrogen) atoms. The fraction of sp³-hybridized carbons (Fsp3) is 0.453. The number of benzene rings is 3. The highest BCUT2D eigenvalue weighted by Gasteiger charge is 2.48. The molecule has 2 aromatic heterocycles. The van der Waals surface area contributed by atoms with Crippen molar-refractivity contribution in [3.8, 4) is 11.5 Å². The number of fused-ring (bicyclic) bond motifs is 1. The number of allylic oxidation sites excluding steroid dienone is 1. The average molecular weight is 1100 g/mol. The number of aromatic amines is 1. The molecule has 2 aliphatic heterocycles. The molecule has 2 saturated heterocycles. The summed E-state index contributed by atoms with van der Waals surface area (Å²) in [4.78, 5) is 40.2. The minimum Gasteiger partial charge on any atom is -0.455 e. The summed E-state index contributed by atoms with van der Waals surface area (Å²) in [6.07, 6.45) is 6.80. The van der Waals surface area contributed by atoms with Crippen molar-refractivity contribution in [3.63, 3.8) is 0 Å². The van der Waals surface area contributed by atoms with Crippen molar-refractivity contribution < 1.29 is 49.1 Å². The largest absolute Gasteiger partial charge is 0.501 e.